The highest BCUT2D eigenvalue weighted by Gasteiger charge is 2.47. The van der Waals surface area contributed by atoms with Gasteiger partial charge in [-0.2, -0.15) is 13.2 Å². The van der Waals surface area contributed by atoms with Gasteiger partial charge in [0.25, 0.3) is 0 Å². The zero-order valence-electron chi connectivity index (χ0n) is 11.7. The molecule has 1 aliphatic carbocycles. The Balaban J connectivity index is 2.17. The molecular formula is C15H18F3NO2. The molecule has 116 valence electrons. The lowest BCUT2D eigenvalue weighted by atomic mass is 9.82. The Morgan fingerprint density at radius 1 is 1.24 bits per heavy atom. The van der Waals surface area contributed by atoms with Gasteiger partial charge in [-0.15, -0.1) is 0 Å². The van der Waals surface area contributed by atoms with Crippen molar-refractivity contribution in [2.24, 2.45) is 5.92 Å². The Morgan fingerprint density at radius 3 is 2.43 bits per heavy atom. The van der Waals surface area contributed by atoms with Gasteiger partial charge in [-0.1, -0.05) is 6.42 Å². The topological polar surface area (TPSA) is 38.3 Å². The molecule has 2 unspecified atom stereocenters. The molecule has 2 rings (SSSR count). The maximum Gasteiger partial charge on any atom is 0.409 e. The second-order valence-electron chi connectivity index (χ2n) is 5.21. The normalized spacial score (nSPS) is 21.0. The van der Waals surface area contributed by atoms with Gasteiger partial charge in [0, 0.05) is 18.0 Å². The van der Waals surface area contributed by atoms with Crippen LogP contribution in [0.25, 0.3) is 0 Å². The molecule has 1 fully saturated rings. The number of methoxy groups -OCH3 is 1. The number of rotatable bonds is 4. The Kier molecular flexibility index (Phi) is 4.75. The first-order valence-corrected chi connectivity index (χ1v) is 6.92. The van der Waals surface area contributed by atoms with Gasteiger partial charge < -0.3 is 10.1 Å². The quantitative estimate of drug-likeness (QED) is 0.919. The highest BCUT2D eigenvalue weighted by molar-refractivity contribution is 5.83. The summed E-state index contributed by atoms with van der Waals surface area (Å²) in [6, 6.07) is 4.37. The number of ether oxygens (including phenoxy) is 1. The molecule has 0 saturated heterocycles. The van der Waals surface area contributed by atoms with Gasteiger partial charge in [0.1, 0.15) is 17.6 Å². The zero-order chi connectivity index (χ0) is 15.5. The van der Waals surface area contributed by atoms with Crippen molar-refractivity contribution in [1.82, 2.24) is 0 Å². The first-order chi connectivity index (χ1) is 9.91. The van der Waals surface area contributed by atoms with Crippen LogP contribution in [0, 0.1) is 5.92 Å². The number of Topliss-reactive ketones (excluding diaryl/α,β-unsaturated/α-hetero) is 1. The number of hydrogen-bond acceptors (Lipinski definition) is 3. The zero-order valence-corrected chi connectivity index (χ0v) is 11.7. The van der Waals surface area contributed by atoms with E-state index in [9.17, 15) is 18.0 Å². The average Bonchev–Trinajstić information content (AvgIpc) is 2.45. The Labute approximate surface area is 121 Å². The molecule has 1 aromatic rings. The largest absolute Gasteiger partial charge is 0.497 e. The molecule has 21 heavy (non-hydrogen) atoms. The minimum atomic E-state index is -4.46. The van der Waals surface area contributed by atoms with Crippen molar-refractivity contribution in [2.45, 2.75) is 37.9 Å². The van der Waals surface area contributed by atoms with Gasteiger partial charge in [0.15, 0.2) is 0 Å². The molecule has 2 atom stereocenters. The predicted molar refractivity (Wildman–Crippen MR) is 73.4 cm³/mol. The summed E-state index contributed by atoms with van der Waals surface area (Å²) in [6.07, 6.45) is -2.60. The van der Waals surface area contributed by atoms with Crippen LogP contribution in [0.15, 0.2) is 24.3 Å². The number of ketones is 1. The Bertz CT molecular complexity index is 485. The number of carbonyl (C=O) groups excluding carboxylic acids is 1. The van der Waals surface area contributed by atoms with Gasteiger partial charge in [-0.05, 0) is 37.1 Å². The van der Waals surface area contributed by atoms with Crippen LogP contribution in [-0.4, -0.2) is 25.1 Å². The molecule has 0 bridgehead atoms. The fourth-order valence-corrected chi connectivity index (χ4v) is 2.64. The summed E-state index contributed by atoms with van der Waals surface area (Å²) in [7, 11) is 1.49. The smallest absolute Gasteiger partial charge is 0.409 e. The monoisotopic (exact) mass is 301 g/mol. The van der Waals surface area contributed by atoms with Crippen molar-refractivity contribution in [3.05, 3.63) is 24.3 Å². The molecule has 1 saturated carbocycles. The maximum absolute atomic E-state index is 13.3. The van der Waals surface area contributed by atoms with Crippen molar-refractivity contribution in [1.29, 1.82) is 0 Å². The first-order valence-electron chi connectivity index (χ1n) is 6.92. The Morgan fingerprint density at radius 2 is 1.90 bits per heavy atom. The molecule has 1 aromatic carbocycles. The third kappa shape index (κ3) is 3.89. The molecular weight excluding hydrogens is 283 g/mol. The van der Waals surface area contributed by atoms with Crippen LogP contribution in [0.5, 0.6) is 5.75 Å². The van der Waals surface area contributed by atoms with E-state index >= 15 is 0 Å². The van der Waals surface area contributed by atoms with E-state index < -0.39 is 18.1 Å². The highest BCUT2D eigenvalue weighted by Crippen LogP contribution is 2.35. The lowest BCUT2D eigenvalue weighted by Gasteiger charge is -2.32. The van der Waals surface area contributed by atoms with Crippen LogP contribution in [0.1, 0.15) is 25.7 Å². The van der Waals surface area contributed by atoms with Crippen molar-refractivity contribution in [3.63, 3.8) is 0 Å². The molecule has 3 nitrogen and oxygen atoms in total. The van der Waals surface area contributed by atoms with Gasteiger partial charge in [0.2, 0.25) is 0 Å². The second kappa shape index (κ2) is 6.37. The second-order valence-corrected chi connectivity index (χ2v) is 5.21. The number of carbonyl (C=O) groups is 1. The first kappa shape index (κ1) is 15.7. The third-order valence-corrected chi connectivity index (χ3v) is 3.77. The molecule has 6 heteroatoms. The lowest BCUT2D eigenvalue weighted by molar-refractivity contribution is -0.162. The van der Waals surface area contributed by atoms with E-state index in [0.717, 1.165) is 0 Å². The number of nitrogens with one attached hydrogen (secondary N) is 1. The minimum absolute atomic E-state index is 0.238. The van der Waals surface area contributed by atoms with E-state index in [0.29, 0.717) is 24.3 Å². The summed E-state index contributed by atoms with van der Waals surface area (Å²) < 4.78 is 44.8. The van der Waals surface area contributed by atoms with Crippen LogP contribution < -0.4 is 10.1 Å². The van der Waals surface area contributed by atoms with Gasteiger partial charge in [-0.3, -0.25) is 4.79 Å². The minimum Gasteiger partial charge on any atom is -0.497 e. The molecule has 1 aliphatic rings. The number of halogens is 3. The summed E-state index contributed by atoms with van der Waals surface area (Å²) in [6.45, 7) is 0. The number of anilines is 1. The van der Waals surface area contributed by atoms with Crippen LogP contribution in [-0.2, 0) is 4.79 Å². The predicted octanol–water partition coefficient (Wildman–Crippen LogP) is 3.80. The SMILES string of the molecule is COc1ccc(NC(C2CCCCC2=O)C(F)(F)F)cc1. The fourth-order valence-electron chi connectivity index (χ4n) is 2.64. The van der Waals surface area contributed by atoms with Crippen molar-refractivity contribution >= 4 is 11.5 Å². The number of benzene rings is 1. The molecule has 0 radical (unpaired) electrons. The van der Waals surface area contributed by atoms with Crippen molar-refractivity contribution in [2.75, 3.05) is 12.4 Å². The molecule has 1 N–H and O–H groups in total. The number of alkyl halides is 3. The molecule has 0 spiro atoms. The average molecular weight is 301 g/mol. The Hall–Kier alpha value is -1.72. The van der Waals surface area contributed by atoms with Crippen molar-refractivity contribution < 1.29 is 22.7 Å². The number of hydrogen-bond donors (Lipinski definition) is 1. The summed E-state index contributed by atoms with van der Waals surface area (Å²) in [5.41, 5.74) is 0.330. The van der Waals surface area contributed by atoms with Crippen molar-refractivity contribution in [3.8, 4) is 5.75 Å². The van der Waals surface area contributed by atoms with Crippen LogP contribution in [0.4, 0.5) is 18.9 Å². The molecule has 0 aliphatic heterocycles. The van der Waals surface area contributed by atoms with E-state index in [1.54, 1.807) is 12.1 Å². The third-order valence-electron chi connectivity index (χ3n) is 3.77. The van der Waals surface area contributed by atoms with Crippen LogP contribution in [0.3, 0.4) is 0 Å². The van der Waals surface area contributed by atoms with Crippen LogP contribution in [0.2, 0.25) is 0 Å². The summed E-state index contributed by atoms with van der Waals surface area (Å²) in [5.74, 6) is -0.733. The van der Waals surface area contributed by atoms with E-state index in [-0.39, 0.29) is 18.6 Å². The fraction of sp³-hybridized carbons (Fsp3) is 0.533. The summed E-state index contributed by atoms with van der Waals surface area (Å²) in [4.78, 5) is 11.8. The standard InChI is InChI=1S/C15H18F3NO2/c1-21-11-8-6-10(7-9-11)19-14(15(16,17)18)12-4-2-3-5-13(12)20/h6-9,12,14,19H,2-5H2,1H3. The molecule has 0 heterocycles. The summed E-state index contributed by atoms with van der Waals surface area (Å²) >= 11 is 0. The summed E-state index contributed by atoms with van der Waals surface area (Å²) in [5, 5.41) is 2.47. The lowest BCUT2D eigenvalue weighted by Crippen LogP contribution is -2.46. The maximum atomic E-state index is 13.3. The van der Waals surface area contributed by atoms with E-state index in [1.807, 2.05) is 0 Å². The van der Waals surface area contributed by atoms with E-state index in [2.05, 4.69) is 5.32 Å². The molecule has 0 aromatic heterocycles. The van der Waals surface area contributed by atoms with E-state index in [1.165, 1.54) is 19.2 Å². The van der Waals surface area contributed by atoms with Gasteiger partial charge in [-0.25, -0.2) is 0 Å². The van der Waals surface area contributed by atoms with Gasteiger partial charge >= 0.3 is 6.18 Å². The highest BCUT2D eigenvalue weighted by atomic mass is 19.4. The van der Waals surface area contributed by atoms with Gasteiger partial charge in [0.05, 0.1) is 7.11 Å². The van der Waals surface area contributed by atoms with Crippen LogP contribution >= 0.6 is 0 Å². The molecule has 0 amide bonds. The van der Waals surface area contributed by atoms with E-state index in [4.69, 9.17) is 4.74 Å².